The molecule has 0 heterocycles. The third-order valence-corrected chi connectivity index (χ3v) is 1.63. The van der Waals surface area contributed by atoms with Crippen molar-refractivity contribution in [1.29, 1.82) is 5.26 Å². The van der Waals surface area contributed by atoms with Crippen LogP contribution < -0.4 is 9.84 Å². The van der Waals surface area contributed by atoms with E-state index in [1.165, 1.54) is 19.1 Å². The lowest BCUT2D eigenvalue weighted by atomic mass is 10.2. The van der Waals surface area contributed by atoms with Crippen LogP contribution in [0.25, 0.3) is 0 Å². The Bertz CT molecular complexity index is 364. The predicted molar refractivity (Wildman–Crippen MR) is 46.3 cm³/mol. The minimum Gasteiger partial charge on any atom is -0.546 e. The zero-order valence-corrected chi connectivity index (χ0v) is 7.56. The molecule has 4 heteroatoms. The van der Waals surface area contributed by atoms with Crippen molar-refractivity contribution in [2.75, 3.05) is 0 Å². The molecule has 4 nitrogen and oxygen atoms in total. The Hall–Kier alpha value is -2.02. The fourth-order valence-electron chi connectivity index (χ4n) is 0.860. The van der Waals surface area contributed by atoms with Gasteiger partial charge >= 0.3 is 0 Å². The first-order valence-electron chi connectivity index (χ1n) is 4.01. The number of hydrogen-bond donors (Lipinski definition) is 0. The van der Waals surface area contributed by atoms with E-state index in [2.05, 4.69) is 0 Å². The summed E-state index contributed by atoms with van der Waals surface area (Å²) in [7, 11) is 0. The van der Waals surface area contributed by atoms with Crippen molar-refractivity contribution in [3.8, 4) is 11.8 Å². The topological polar surface area (TPSA) is 73.1 Å². The van der Waals surface area contributed by atoms with Crippen LogP contribution in [-0.2, 0) is 4.79 Å². The molecule has 1 aromatic carbocycles. The molecule has 0 bridgehead atoms. The molecule has 0 radical (unpaired) electrons. The molecule has 0 saturated carbocycles. The Morgan fingerprint density at radius 2 is 2.07 bits per heavy atom. The minimum atomic E-state index is -1.27. The Morgan fingerprint density at radius 1 is 1.50 bits per heavy atom. The smallest absolute Gasteiger partial charge is 0.135 e. The number of carbonyl (C=O) groups excluding carboxylic acids is 1. The third kappa shape index (κ3) is 2.49. The Kier molecular flexibility index (Phi) is 3.08. The van der Waals surface area contributed by atoms with Crippen LogP contribution in [0.1, 0.15) is 12.5 Å². The van der Waals surface area contributed by atoms with Crippen molar-refractivity contribution in [2.24, 2.45) is 0 Å². The third-order valence-electron chi connectivity index (χ3n) is 1.63. The van der Waals surface area contributed by atoms with Crippen molar-refractivity contribution in [3.63, 3.8) is 0 Å². The summed E-state index contributed by atoms with van der Waals surface area (Å²) in [6.07, 6.45) is -0.997. The Balaban J connectivity index is 2.70. The summed E-state index contributed by atoms with van der Waals surface area (Å²) in [6, 6.07) is 8.13. The molecule has 0 unspecified atom stereocenters. The van der Waals surface area contributed by atoms with Crippen LogP contribution in [0.3, 0.4) is 0 Å². The normalized spacial score (nSPS) is 11.4. The van der Waals surface area contributed by atoms with E-state index in [0.717, 1.165) is 0 Å². The van der Waals surface area contributed by atoms with Gasteiger partial charge in [-0.3, -0.25) is 0 Å². The van der Waals surface area contributed by atoms with E-state index in [9.17, 15) is 9.90 Å². The molecule has 0 fully saturated rings. The van der Waals surface area contributed by atoms with E-state index in [1.807, 2.05) is 6.07 Å². The highest BCUT2D eigenvalue weighted by Crippen LogP contribution is 2.12. The van der Waals surface area contributed by atoms with E-state index in [0.29, 0.717) is 11.3 Å². The number of carbonyl (C=O) groups is 1. The standard InChI is InChI=1S/C10H9NO3/c1-7(10(12)13)14-9-4-2-8(6-11)3-5-9/h2-5,7H,1H3,(H,12,13)/p-1/t7-/m1/s1. The largest absolute Gasteiger partial charge is 0.546 e. The fourth-order valence-corrected chi connectivity index (χ4v) is 0.860. The second kappa shape index (κ2) is 4.28. The second-order valence-electron chi connectivity index (χ2n) is 2.72. The molecule has 72 valence electrons. The van der Waals surface area contributed by atoms with Gasteiger partial charge in [-0.15, -0.1) is 0 Å². The highest BCUT2D eigenvalue weighted by molar-refractivity contribution is 5.69. The monoisotopic (exact) mass is 190 g/mol. The molecular formula is C10H8NO3-. The van der Waals surface area contributed by atoms with Gasteiger partial charge in [-0.25, -0.2) is 0 Å². The second-order valence-corrected chi connectivity index (χ2v) is 2.72. The van der Waals surface area contributed by atoms with Crippen molar-refractivity contribution < 1.29 is 14.6 Å². The average Bonchev–Trinajstić information content (AvgIpc) is 2.19. The van der Waals surface area contributed by atoms with Crippen LogP contribution in [0.5, 0.6) is 5.75 Å². The maximum Gasteiger partial charge on any atom is 0.135 e. The number of hydrogen-bond acceptors (Lipinski definition) is 4. The highest BCUT2D eigenvalue weighted by atomic mass is 16.5. The lowest BCUT2D eigenvalue weighted by Gasteiger charge is -2.14. The zero-order valence-electron chi connectivity index (χ0n) is 7.56. The molecule has 1 aromatic rings. The number of ether oxygens (including phenoxy) is 1. The first kappa shape index (κ1) is 10.1. The predicted octanol–water partition coefficient (Wildman–Crippen LogP) is 0.0755. The summed E-state index contributed by atoms with van der Waals surface area (Å²) in [4.78, 5) is 10.3. The lowest BCUT2D eigenvalue weighted by Crippen LogP contribution is -2.37. The minimum absolute atomic E-state index is 0.403. The molecule has 0 N–H and O–H groups in total. The summed E-state index contributed by atoms with van der Waals surface area (Å²) in [5, 5.41) is 18.8. The molecule has 1 atom stereocenters. The summed E-state index contributed by atoms with van der Waals surface area (Å²) in [5.74, 6) is -0.866. The number of nitrogens with zero attached hydrogens (tertiary/aromatic N) is 1. The lowest BCUT2D eigenvalue weighted by molar-refractivity contribution is -0.312. The molecule has 0 aliphatic rings. The van der Waals surface area contributed by atoms with Gasteiger partial charge in [0.15, 0.2) is 0 Å². The van der Waals surface area contributed by atoms with E-state index < -0.39 is 12.1 Å². The highest BCUT2D eigenvalue weighted by Gasteiger charge is 2.03. The quantitative estimate of drug-likeness (QED) is 0.676. The SMILES string of the molecule is C[C@@H](Oc1ccc(C#N)cc1)C(=O)[O-]. The Labute approximate surface area is 81.4 Å². The van der Waals surface area contributed by atoms with Gasteiger partial charge in [-0.1, -0.05) is 0 Å². The van der Waals surface area contributed by atoms with Crippen LogP contribution in [0.4, 0.5) is 0 Å². The molecule has 0 aromatic heterocycles. The molecule has 0 aliphatic carbocycles. The number of benzene rings is 1. The van der Waals surface area contributed by atoms with E-state index in [1.54, 1.807) is 12.1 Å². The molecule has 0 amide bonds. The molecular weight excluding hydrogens is 182 g/mol. The van der Waals surface area contributed by atoms with Crippen molar-refractivity contribution in [1.82, 2.24) is 0 Å². The van der Waals surface area contributed by atoms with Gasteiger partial charge in [-0.2, -0.15) is 5.26 Å². The van der Waals surface area contributed by atoms with Crippen molar-refractivity contribution in [2.45, 2.75) is 13.0 Å². The number of nitriles is 1. The molecule has 0 aliphatic heterocycles. The van der Waals surface area contributed by atoms with Crippen molar-refractivity contribution in [3.05, 3.63) is 29.8 Å². The first-order valence-corrected chi connectivity index (χ1v) is 4.01. The molecule has 0 spiro atoms. The van der Waals surface area contributed by atoms with Gasteiger partial charge < -0.3 is 14.6 Å². The number of rotatable bonds is 3. The van der Waals surface area contributed by atoms with Gasteiger partial charge in [0.1, 0.15) is 11.9 Å². The van der Waals surface area contributed by atoms with Crippen LogP contribution in [0, 0.1) is 11.3 Å². The van der Waals surface area contributed by atoms with Crippen LogP contribution in [0.2, 0.25) is 0 Å². The summed E-state index contributed by atoms with van der Waals surface area (Å²) >= 11 is 0. The average molecular weight is 190 g/mol. The molecule has 1 rings (SSSR count). The maximum atomic E-state index is 10.3. The van der Waals surface area contributed by atoms with E-state index in [4.69, 9.17) is 10.00 Å². The summed E-state index contributed by atoms with van der Waals surface area (Å²) < 4.78 is 5.00. The maximum absolute atomic E-state index is 10.3. The van der Waals surface area contributed by atoms with Gasteiger partial charge in [0, 0.05) is 0 Å². The Morgan fingerprint density at radius 3 is 2.50 bits per heavy atom. The van der Waals surface area contributed by atoms with E-state index >= 15 is 0 Å². The summed E-state index contributed by atoms with van der Waals surface area (Å²) in [6.45, 7) is 1.38. The van der Waals surface area contributed by atoms with Gasteiger partial charge in [0.25, 0.3) is 0 Å². The first-order chi connectivity index (χ1) is 6.63. The van der Waals surface area contributed by atoms with Crippen LogP contribution >= 0.6 is 0 Å². The van der Waals surface area contributed by atoms with Gasteiger partial charge in [0.05, 0.1) is 17.6 Å². The van der Waals surface area contributed by atoms with Crippen molar-refractivity contribution >= 4 is 5.97 Å². The summed E-state index contributed by atoms with van der Waals surface area (Å²) in [5.41, 5.74) is 0.499. The van der Waals surface area contributed by atoms with Gasteiger partial charge in [0.2, 0.25) is 0 Å². The fraction of sp³-hybridized carbons (Fsp3) is 0.200. The van der Waals surface area contributed by atoms with Crippen LogP contribution in [-0.4, -0.2) is 12.1 Å². The number of carboxylic acid groups (broad SMARTS) is 1. The van der Waals surface area contributed by atoms with Crippen LogP contribution in [0.15, 0.2) is 24.3 Å². The van der Waals surface area contributed by atoms with Gasteiger partial charge in [-0.05, 0) is 31.2 Å². The zero-order chi connectivity index (χ0) is 10.6. The molecule has 14 heavy (non-hydrogen) atoms. The van der Waals surface area contributed by atoms with E-state index in [-0.39, 0.29) is 0 Å². The number of carboxylic acids is 1. The number of aliphatic carboxylic acids is 1. The molecule has 0 saturated heterocycles.